The minimum atomic E-state index is -1.04. The summed E-state index contributed by atoms with van der Waals surface area (Å²) in [5, 5.41) is 14.1. The molecule has 208 valence electrons. The molecule has 10 heteroatoms. The van der Waals surface area contributed by atoms with Gasteiger partial charge in [-0.15, -0.1) is 0 Å². The second-order valence-corrected chi connectivity index (χ2v) is 10.5. The number of nitrogens with zero attached hydrogens (tertiary/aromatic N) is 3. The fraction of sp³-hybridized carbons (Fsp3) is 0.333. The summed E-state index contributed by atoms with van der Waals surface area (Å²) in [4.78, 5) is 21.5. The average Bonchev–Trinajstić information content (AvgIpc) is 3.25. The first kappa shape index (κ1) is 27.7. The van der Waals surface area contributed by atoms with E-state index in [9.17, 15) is 14.3 Å². The number of Topliss-reactive ketones (excluding diaryl/α,β-unsaturated/α-hetero) is 1. The Morgan fingerprint density at radius 2 is 1.80 bits per heavy atom. The van der Waals surface area contributed by atoms with Crippen LogP contribution in [0.25, 0.3) is 22.4 Å². The highest BCUT2D eigenvalue weighted by Gasteiger charge is 2.34. The Labute approximate surface area is 229 Å². The Bertz CT molecular complexity index is 1530. The van der Waals surface area contributed by atoms with Crippen LogP contribution in [0.2, 0.25) is 0 Å². The van der Waals surface area contributed by atoms with E-state index in [2.05, 4.69) is 15.1 Å². The number of aromatic nitrogens is 3. The number of aliphatic hydroxyl groups excluding tert-OH is 1. The zero-order valence-corrected chi connectivity index (χ0v) is 22.3. The van der Waals surface area contributed by atoms with E-state index in [1.807, 2.05) is 13.0 Å². The molecule has 4 aromatic rings. The monoisotopic (exact) mass is 550 g/mol. The van der Waals surface area contributed by atoms with E-state index in [-0.39, 0.29) is 35.6 Å². The molecular formula is C30H29F3N4O3. The van der Waals surface area contributed by atoms with Crippen molar-refractivity contribution in [3.63, 3.8) is 0 Å². The van der Waals surface area contributed by atoms with Crippen LogP contribution in [0, 0.1) is 37.2 Å². The molecule has 0 spiro atoms. The molecule has 0 saturated heterocycles. The molecule has 3 aromatic heterocycles. The molecule has 4 atom stereocenters. The molecule has 0 radical (unpaired) electrons. The van der Waals surface area contributed by atoms with Gasteiger partial charge in [0.1, 0.15) is 34.6 Å². The van der Waals surface area contributed by atoms with Gasteiger partial charge in [-0.05, 0) is 85.5 Å². The van der Waals surface area contributed by atoms with E-state index in [1.54, 1.807) is 26.2 Å². The van der Waals surface area contributed by atoms with Crippen LogP contribution in [0.15, 0.2) is 47.2 Å². The second-order valence-electron chi connectivity index (χ2n) is 10.5. The van der Waals surface area contributed by atoms with Gasteiger partial charge in [-0.3, -0.25) is 9.78 Å². The quantitative estimate of drug-likeness (QED) is 0.306. The van der Waals surface area contributed by atoms with Gasteiger partial charge in [0.25, 0.3) is 0 Å². The molecule has 0 amide bonds. The lowest BCUT2D eigenvalue weighted by Crippen LogP contribution is -2.44. The summed E-state index contributed by atoms with van der Waals surface area (Å²) in [6, 6.07) is 5.74. The van der Waals surface area contributed by atoms with Gasteiger partial charge in [0.05, 0.1) is 17.4 Å². The number of benzene rings is 1. The third kappa shape index (κ3) is 5.16. The summed E-state index contributed by atoms with van der Waals surface area (Å²) in [5.41, 5.74) is 7.38. The van der Waals surface area contributed by atoms with E-state index in [4.69, 9.17) is 10.3 Å². The van der Waals surface area contributed by atoms with Crippen molar-refractivity contribution in [3.05, 3.63) is 88.5 Å². The van der Waals surface area contributed by atoms with E-state index >= 15 is 8.78 Å². The molecule has 0 unspecified atom stereocenters. The van der Waals surface area contributed by atoms with E-state index < -0.39 is 40.6 Å². The van der Waals surface area contributed by atoms with Crippen molar-refractivity contribution >= 4 is 5.78 Å². The lowest BCUT2D eigenvalue weighted by molar-refractivity contribution is 0.0519. The Kier molecular flexibility index (Phi) is 7.57. The third-order valence-electron chi connectivity index (χ3n) is 7.70. The predicted octanol–water partition coefficient (Wildman–Crippen LogP) is 5.46. The third-order valence-corrected chi connectivity index (χ3v) is 7.70. The Balaban J connectivity index is 1.45. The largest absolute Gasteiger partial charge is 0.391 e. The molecule has 7 nitrogen and oxygen atoms in total. The number of nitrogens with two attached hydrogens (primary N) is 1. The van der Waals surface area contributed by atoms with Gasteiger partial charge in [-0.2, -0.15) is 0 Å². The number of carbonyl (C=O) groups excluding carboxylic acids is 1. The molecule has 1 aliphatic carbocycles. The summed E-state index contributed by atoms with van der Waals surface area (Å²) in [5.74, 6) is -3.11. The van der Waals surface area contributed by atoms with E-state index in [0.29, 0.717) is 35.4 Å². The Morgan fingerprint density at radius 1 is 1.07 bits per heavy atom. The SMILES string of the molecule is Cc1noc(C)c1-c1cc(F)c(-c2nc(C(=O)Cc3cnccc3[C@H]3C[C@@H](N)[C@H](O)[C@@H](C)C3)ccc2F)c(F)c1. The first-order chi connectivity index (χ1) is 19.0. The van der Waals surface area contributed by atoms with Crippen LogP contribution in [0.5, 0.6) is 0 Å². The summed E-state index contributed by atoms with van der Waals surface area (Å²) in [7, 11) is 0. The number of hydrogen-bond acceptors (Lipinski definition) is 7. The minimum Gasteiger partial charge on any atom is -0.391 e. The number of hydrogen-bond donors (Lipinski definition) is 2. The summed E-state index contributed by atoms with van der Waals surface area (Å²) >= 11 is 0. The number of aryl methyl sites for hydroxylation is 2. The molecule has 1 aromatic carbocycles. The van der Waals surface area contributed by atoms with E-state index in [0.717, 1.165) is 23.8 Å². The maximum Gasteiger partial charge on any atom is 0.185 e. The Hall–Kier alpha value is -3.89. The number of ketones is 1. The lowest BCUT2D eigenvalue weighted by atomic mass is 9.74. The molecule has 1 aliphatic rings. The van der Waals surface area contributed by atoms with Crippen LogP contribution < -0.4 is 5.73 Å². The van der Waals surface area contributed by atoms with E-state index in [1.165, 1.54) is 6.07 Å². The van der Waals surface area contributed by atoms with Crippen LogP contribution in [-0.2, 0) is 6.42 Å². The second kappa shape index (κ2) is 10.9. The zero-order chi connectivity index (χ0) is 28.7. The number of rotatable bonds is 6. The van der Waals surface area contributed by atoms with Gasteiger partial charge in [0, 0.05) is 30.4 Å². The number of halogens is 3. The van der Waals surface area contributed by atoms with Crippen LogP contribution in [-0.4, -0.2) is 38.2 Å². The highest BCUT2D eigenvalue weighted by Crippen LogP contribution is 2.38. The van der Waals surface area contributed by atoms with Gasteiger partial charge >= 0.3 is 0 Å². The van der Waals surface area contributed by atoms with Crippen LogP contribution in [0.1, 0.15) is 58.8 Å². The normalized spacial score (nSPS) is 21.0. The highest BCUT2D eigenvalue weighted by atomic mass is 19.1. The summed E-state index contributed by atoms with van der Waals surface area (Å²) in [6.45, 7) is 5.20. The highest BCUT2D eigenvalue weighted by molar-refractivity contribution is 5.96. The molecule has 3 N–H and O–H groups in total. The van der Waals surface area contributed by atoms with Crippen molar-refractivity contribution in [2.75, 3.05) is 0 Å². The van der Waals surface area contributed by atoms with Gasteiger partial charge < -0.3 is 15.4 Å². The molecule has 40 heavy (non-hydrogen) atoms. The maximum absolute atomic E-state index is 15.2. The van der Waals surface area contributed by atoms with Crippen molar-refractivity contribution in [2.45, 2.75) is 58.1 Å². The van der Waals surface area contributed by atoms with Gasteiger partial charge in [0.15, 0.2) is 5.78 Å². The fourth-order valence-electron chi connectivity index (χ4n) is 5.69. The van der Waals surface area contributed by atoms with Gasteiger partial charge in [-0.1, -0.05) is 12.1 Å². The van der Waals surface area contributed by atoms with Crippen molar-refractivity contribution in [1.29, 1.82) is 0 Å². The minimum absolute atomic E-state index is 0.0134. The van der Waals surface area contributed by atoms with Gasteiger partial charge in [-0.25, -0.2) is 18.2 Å². The van der Waals surface area contributed by atoms with Crippen molar-refractivity contribution in [1.82, 2.24) is 15.1 Å². The number of aliphatic hydroxyl groups is 1. The zero-order valence-electron chi connectivity index (χ0n) is 22.3. The smallest absolute Gasteiger partial charge is 0.185 e. The summed E-state index contributed by atoms with van der Waals surface area (Å²) in [6.07, 6.45) is 3.78. The van der Waals surface area contributed by atoms with Crippen molar-refractivity contribution in [3.8, 4) is 22.4 Å². The first-order valence-corrected chi connectivity index (χ1v) is 13.0. The molecule has 5 rings (SSSR count). The number of pyridine rings is 2. The van der Waals surface area contributed by atoms with Crippen molar-refractivity contribution < 1.29 is 27.6 Å². The molecule has 0 bridgehead atoms. The fourth-order valence-corrected chi connectivity index (χ4v) is 5.69. The Morgan fingerprint density at radius 3 is 2.45 bits per heavy atom. The molecule has 3 heterocycles. The topological polar surface area (TPSA) is 115 Å². The van der Waals surface area contributed by atoms with Crippen LogP contribution in [0.3, 0.4) is 0 Å². The average molecular weight is 551 g/mol. The maximum atomic E-state index is 15.2. The number of carbonyl (C=O) groups is 1. The molecule has 1 fully saturated rings. The molecule has 1 saturated carbocycles. The predicted molar refractivity (Wildman–Crippen MR) is 142 cm³/mol. The van der Waals surface area contributed by atoms with Crippen LogP contribution >= 0.6 is 0 Å². The lowest BCUT2D eigenvalue weighted by Gasteiger charge is -2.36. The van der Waals surface area contributed by atoms with Gasteiger partial charge in [0.2, 0.25) is 0 Å². The standard InChI is InChI=1S/C30H29F3N4O3/c1-14-8-17(11-24(34)30(14)39)20-6-7-35-13-19(20)12-26(38)25-5-4-21(31)29(36-25)28-22(32)9-18(10-23(28)33)27-15(2)37-40-16(27)3/h4-7,9-10,13-14,17,24,30,39H,8,11-12,34H2,1-3H3/t14-,17+,24+,30+/m0/s1. The summed E-state index contributed by atoms with van der Waals surface area (Å²) < 4.78 is 50.4. The molecule has 0 aliphatic heterocycles. The first-order valence-electron chi connectivity index (χ1n) is 13.0. The molecular weight excluding hydrogens is 521 g/mol. The van der Waals surface area contributed by atoms with Crippen molar-refractivity contribution in [2.24, 2.45) is 11.7 Å². The van der Waals surface area contributed by atoms with Crippen LogP contribution in [0.4, 0.5) is 13.2 Å².